The first kappa shape index (κ1) is 13.1. The van der Waals surface area contributed by atoms with Crippen molar-refractivity contribution < 1.29 is 4.74 Å². The van der Waals surface area contributed by atoms with Crippen LogP contribution in [0.15, 0.2) is 6.20 Å². The summed E-state index contributed by atoms with van der Waals surface area (Å²) in [5, 5.41) is 11.1. The van der Waals surface area contributed by atoms with Crippen LogP contribution in [0.4, 0.5) is 11.8 Å². The average Bonchev–Trinajstić information content (AvgIpc) is 2.90. The van der Waals surface area contributed by atoms with Crippen LogP contribution in [0.5, 0.6) is 0 Å². The van der Waals surface area contributed by atoms with Crippen molar-refractivity contribution in [2.45, 2.75) is 32.4 Å². The number of aromatic amines is 1. The summed E-state index contributed by atoms with van der Waals surface area (Å²) < 4.78 is 5.46. The van der Waals surface area contributed by atoms with Gasteiger partial charge in [-0.15, -0.1) is 0 Å². The van der Waals surface area contributed by atoms with Crippen molar-refractivity contribution in [1.29, 1.82) is 0 Å². The first-order chi connectivity index (χ1) is 9.56. The van der Waals surface area contributed by atoms with Crippen LogP contribution >= 0.6 is 0 Å². The molecule has 0 bridgehead atoms. The molecule has 1 aliphatic carbocycles. The van der Waals surface area contributed by atoms with E-state index in [2.05, 4.69) is 44.8 Å². The number of ether oxygens (including phenoxy) is 1. The van der Waals surface area contributed by atoms with Gasteiger partial charge in [0.25, 0.3) is 0 Å². The Bertz CT molecular complexity index is 623. The van der Waals surface area contributed by atoms with Gasteiger partial charge in [0.15, 0.2) is 5.65 Å². The van der Waals surface area contributed by atoms with Crippen LogP contribution < -0.4 is 16.6 Å². The molecule has 20 heavy (non-hydrogen) atoms. The summed E-state index contributed by atoms with van der Waals surface area (Å²) in [5.41, 5.74) is 3.16. The molecule has 0 spiro atoms. The SMILES string of the molecule is COC1CC(Nc2nc(NN)nc3[nH]ncc23)C1(C)C. The second kappa shape index (κ2) is 4.57. The lowest BCUT2D eigenvalue weighted by molar-refractivity contribution is -0.0795. The summed E-state index contributed by atoms with van der Waals surface area (Å²) >= 11 is 0. The molecule has 2 aromatic heterocycles. The summed E-state index contributed by atoms with van der Waals surface area (Å²) in [6, 6.07) is 0.283. The fourth-order valence-electron chi connectivity index (χ4n) is 2.70. The molecule has 0 aromatic carbocycles. The van der Waals surface area contributed by atoms with Crippen LogP contribution in [-0.2, 0) is 4.74 Å². The molecular weight excluding hydrogens is 258 g/mol. The fraction of sp³-hybridized carbons (Fsp3) is 0.583. The molecule has 0 radical (unpaired) electrons. The van der Waals surface area contributed by atoms with Crippen molar-refractivity contribution in [1.82, 2.24) is 20.2 Å². The van der Waals surface area contributed by atoms with Gasteiger partial charge in [0.05, 0.1) is 17.7 Å². The molecule has 2 unspecified atom stereocenters. The number of H-pyrrole nitrogens is 1. The van der Waals surface area contributed by atoms with Gasteiger partial charge in [-0.1, -0.05) is 13.8 Å². The Labute approximate surface area is 116 Å². The number of hydrazine groups is 1. The number of nitrogens with one attached hydrogen (secondary N) is 3. The average molecular weight is 277 g/mol. The number of nitrogens with two attached hydrogens (primary N) is 1. The van der Waals surface area contributed by atoms with Gasteiger partial charge in [0.2, 0.25) is 5.95 Å². The Kier molecular flexibility index (Phi) is 2.98. The Morgan fingerprint density at radius 3 is 2.90 bits per heavy atom. The molecule has 8 nitrogen and oxygen atoms in total. The standard InChI is InChI=1S/C12H19N7O/c1-12(2)7(4-8(12)20-3)15-9-6-5-14-19-10(6)17-11(16-9)18-13/h5,7-8H,4,13H2,1-3H3,(H3,14,15,16,17,18,19). The van der Waals surface area contributed by atoms with E-state index in [1.807, 2.05) is 0 Å². The van der Waals surface area contributed by atoms with Crippen molar-refractivity contribution in [3.63, 3.8) is 0 Å². The van der Waals surface area contributed by atoms with Crippen LogP contribution in [-0.4, -0.2) is 39.4 Å². The van der Waals surface area contributed by atoms with Crippen LogP contribution in [0.3, 0.4) is 0 Å². The number of methoxy groups -OCH3 is 1. The molecular formula is C12H19N7O. The van der Waals surface area contributed by atoms with E-state index in [1.165, 1.54) is 0 Å². The van der Waals surface area contributed by atoms with Crippen LogP contribution in [0.25, 0.3) is 11.0 Å². The van der Waals surface area contributed by atoms with E-state index in [4.69, 9.17) is 10.6 Å². The molecule has 0 saturated heterocycles. The molecule has 0 amide bonds. The summed E-state index contributed by atoms with van der Waals surface area (Å²) in [6.07, 6.45) is 2.91. The molecule has 2 atom stereocenters. The number of nitrogens with zero attached hydrogens (tertiary/aromatic N) is 3. The number of hydrogen-bond acceptors (Lipinski definition) is 7. The number of anilines is 2. The van der Waals surface area contributed by atoms with Gasteiger partial charge in [0.1, 0.15) is 5.82 Å². The van der Waals surface area contributed by atoms with E-state index in [0.29, 0.717) is 11.6 Å². The smallest absolute Gasteiger partial charge is 0.241 e. The van der Waals surface area contributed by atoms with Crippen molar-refractivity contribution in [3.05, 3.63) is 6.20 Å². The lowest BCUT2D eigenvalue weighted by Crippen LogP contribution is -2.57. The highest BCUT2D eigenvalue weighted by molar-refractivity contribution is 5.87. The van der Waals surface area contributed by atoms with E-state index >= 15 is 0 Å². The third-order valence-electron chi connectivity index (χ3n) is 4.21. The predicted molar refractivity (Wildman–Crippen MR) is 76.1 cm³/mol. The fourth-order valence-corrected chi connectivity index (χ4v) is 2.70. The normalized spacial score (nSPS) is 24.4. The van der Waals surface area contributed by atoms with Crippen LogP contribution in [0.1, 0.15) is 20.3 Å². The first-order valence-electron chi connectivity index (χ1n) is 6.53. The van der Waals surface area contributed by atoms with E-state index < -0.39 is 0 Å². The van der Waals surface area contributed by atoms with E-state index in [0.717, 1.165) is 17.6 Å². The topological polar surface area (TPSA) is 114 Å². The second-order valence-corrected chi connectivity index (χ2v) is 5.65. The molecule has 108 valence electrons. The molecule has 3 rings (SSSR count). The molecule has 0 aliphatic heterocycles. The number of fused-ring (bicyclic) bond motifs is 1. The van der Waals surface area contributed by atoms with Gasteiger partial charge in [-0.05, 0) is 6.42 Å². The molecule has 1 aliphatic rings. The van der Waals surface area contributed by atoms with E-state index in [-0.39, 0.29) is 17.6 Å². The third kappa shape index (κ3) is 1.88. The number of aromatic nitrogens is 4. The Balaban J connectivity index is 1.90. The van der Waals surface area contributed by atoms with E-state index in [9.17, 15) is 0 Å². The Morgan fingerprint density at radius 2 is 2.25 bits per heavy atom. The van der Waals surface area contributed by atoms with Gasteiger partial charge in [-0.2, -0.15) is 15.1 Å². The first-order valence-corrected chi connectivity index (χ1v) is 6.53. The van der Waals surface area contributed by atoms with E-state index in [1.54, 1.807) is 13.3 Å². The Hall–Kier alpha value is -1.93. The predicted octanol–water partition coefficient (Wildman–Crippen LogP) is 0.864. The molecule has 2 aromatic rings. The minimum absolute atomic E-state index is 0.0477. The molecule has 1 saturated carbocycles. The van der Waals surface area contributed by atoms with Crippen molar-refractivity contribution in [2.75, 3.05) is 17.9 Å². The summed E-state index contributed by atoms with van der Waals surface area (Å²) in [7, 11) is 1.75. The second-order valence-electron chi connectivity index (χ2n) is 5.65. The summed E-state index contributed by atoms with van der Waals surface area (Å²) in [4.78, 5) is 8.57. The van der Waals surface area contributed by atoms with Crippen molar-refractivity contribution in [3.8, 4) is 0 Å². The minimum Gasteiger partial charge on any atom is -0.381 e. The monoisotopic (exact) mass is 277 g/mol. The Morgan fingerprint density at radius 1 is 1.45 bits per heavy atom. The maximum atomic E-state index is 5.46. The van der Waals surface area contributed by atoms with Crippen molar-refractivity contribution >= 4 is 22.8 Å². The molecule has 2 heterocycles. The van der Waals surface area contributed by atoms with Gasteiger partial charge >= 0.3 is 0 Å². The van der Waals surface area contributed by atoms with Crippen LogP contribution in [0, 0.1) is 5.41 Å². The van der Waals surface area contributed by atoms with Crippen LogP contribution in [0.2, 0.25) is 0 Å². The quantitative estimate of drug-likeness (QED) is 0.484. The molecule has 8 heteroatoms. The highest BCUT2D eigenvalue weighted by Crippen LogP contribution is 2.44. The summed E-state index contributed by atoms with van der Waals surface area (Å²) in [6.45, 7) is 4.36. The zero-order valence-corrected chi connectivity index (χ0v) is 11.8. The van der Waals surface area contributed by atoms with Gasteiger partial charge in [-0.3, -0.25) is 10.5 Å². The largest absolute Gasteiger partial charge is 0.381 e. The zero-order chi connectivity index (χ0) is 14.3. The van der Waals surface area contributed by atoms with Gasteiger partial charge in [0, 0.05) is 18.6 Å². The zero-order valence-electron chi connectivity index (χ0n) is 11.8. The minimum atomic E-state index is 0.0477. The maximum absolute atomic E-state index is 5.46. The number of rotatable bonds is 4. The van der Waals surface area contributed by atoms with Crippen molar-refractivity contribution in [2.24, 2.45) is 11.3 Å². The number of hydrogen-bond donors (Lipinski definition) is 4. The lowest BCUT2D eigenvalue weighted by Gasteiger charge is -2.51. The lowest BCUT2D eigenvalue weighted by atomic mass is 9.64. The number of nitrogen functional groups attached to an aromatic ring is 1. The highest BCUT2D eigenvalue weighted by Gasteiger charge is 2.48. The van der Waals surface area contributed by atoms with Gasteiger partial charge in [-0.25, -0.2) is 5.84 Å². The summed E-state index contributed by atoms with van der Waals surface area (Å²) in [5.74, 6) is 6.47. The molecule has 1 fully saturated rings. The third-order valence-corrected chi connectivity index (χ3v) is 4.21. The highest BCUT2D eigenvalue weighted by atomic mass is 16.5. The molecule has 5 N–H and O–H groups in total. The maximum Gasteiger partial charge on any atom is 0.241 e. The van der Waals surface area contributed by atoms with Gasteiger partial charge < -0.3 is 10.1 Å².